The Bertz CT molecular complexity index is 506. The van der Waals surface area contributed by atoms with E-state index >= 15 is 0 Å². The van der Waals surface area contributed by atoms with Crippen molar-refractivity contribution in [3.8, 4) is 0 Å². The zero-order chi connectivity index (χ0) is 13.3. The second-order valence-corrected chi connectivity index (χ2v) is 5.49. The normalized spacial score (nSPS) is 19.0. The first-order valence-electron chi connectivity index (χ1n) is 5.46. The number of carboxylic acids is 1. The highest BCUT2D eigenvalue weighted by Crippen LogP contribution is 2.25. The molecule has 0 saturated carbocycles. The van der Waals surface area contributed by atoms with Gasteiger partial charge < -0.3 is 10.0 Å². The molecule has 0 aromatic heterocycles. The van der Waals surface area contributed by atoms with Crippen molar-refractivity contribution in [2.75, 3.05) is 13.1 Å². The Kier molecular flexibility index (Phi) is 3.92. The Morgan fingerprint density at radius 3 is 2.72 bits per heavy atom. The van der Waals surface area contributed by atoms with Crippen molar-refractivity contribution >= 4 is 39.4 Å². The van der Waals surface area contributed by atoms with Gasteiger partial charge in [0, 0.05) is 22.6 Å². The molecule has 0 unspecified atom stereocenters. The standard InChI is InChI=1S/C12H11BrClNO3/c13-10-5-8(14)1-2-9(10)11(16)15-4-3-7(6-15)12(17)18/h1-2,5,7H,3-4,6H2,(H,17,18)/t7-/m1/s1. The van der Waals surface area contributed by atoms with E-state index in [-0.39, 0.29) is 12.5 Å². The van der Waals surface area contributed by atoms with Gasteiger partial charge in [-0.1, -0.05) is 11.6 Å². The molecule has 1 N–H and O–H groups in total. The fourth-order valence-electron chi connectivity index (χ4n) is 1.98. The minimum absolute atomic E-state index is 0.165. The molecule has 1 aliphatic heterocycles. The molecule has 18 heavy (non-hydrogen) atoms. The van der Waals surface area contributed by atoms with Crippen LogP contribution in [-0.2, 0) is 4.79 Å². The lowest BCUT2D eigenvalue weighted by Gasteiger charge is -2.16. The molecule has 4 nitrogen and oxygen atoms in total. The average molecular weight is 333 g/mol. The van der Waals surface area contributed by atoms with Crippen LogP contribution < -0.4 is 0 Å². The van der Waals surface area contributed by atoms with Gasteiger partial charge in [0.05, 0.1) is 11.5 Å². The monoisotopic (exact) mass is 331 g/mol. The summed E-state index contributed by atoms with van der Waals surface area (Å²) in [6.45, 7) is 0.744. The van der Waals surface area contributed by atoms with Crippen molar-refractivity contribution in [3.63, 3.8) is 0 Å². The van der Waals surface area contributed by atoms with E-state index in [0.717, 1.165) is 0 Å². The lowest BCUT2D eigenvalue weighted by Crippen LogP contribution is -2.30. The van der Waals surface area contributed by atoms with Gasteiger partial charge in [-0.3, -0.25) is 9.59 Å². The Hall–Kier alpha value is -1.07. The summed E-state index contributed by atoms with van der Waals surface area (Å²) in [7, 11) is 0. The van der Waals surface area contributed by atoms with E-state index < -0.39 is 11.9 Å². The molecule has 1 fully saturated rings. The van der Waals surface area contributed by atoms with Crippen molar-refractivity contribution in [1.82, 2.24) is 4.90 Å². The van der Waals surface area contributed by atoms with Crippen molar-refractivity contribution in [2.45, 2.75) is 6.42 Å². The number of likely N-dealkylation sites (tertiary alicyclic amines) is 1. The van der Waals surface area contributed by atoms with Crippen LogP contribution in [0, 0.1) is 5.92 Å². The molecule has 0 radical (unpaired) electrons. The van der Waals surface area contributed by atoms with E-state index in [9.17, 15) is 9.59 Å². The number of nitrogens with zero attached hydrogens (tertiary/aromatic N) is 1. The second kappa shape index (κ2) is 5.28. The van der Waals surface area contributed by atoms with E-state index in [1.165, 1.54) is 0 Å². The maximum Gasteiger partial charge on any atom is 0.308 e. The molecule has 1 atom stereocenters. The molecule has 1 amide bonds. The predicted molar refractivity (Wildman–Crippen MR) is 70.8 cm³/mol. The average Bonchev–Trinajstić information content (AvgIpc) is 2.77. The smallest absolute Gasteiger partial charge is 0.308 e. The molecule has 1 aromatic carbocycles. The minimum atomic E-state index is -0.847. The van der Waals surface area contributed by atoms with Crippen molar-refractivity contribution in [3.05, 3.63) is 33.3 Å². The summed E-state index contributed by atoms with van der Waals surface area (Å²) in [5.74, 6) is -1.47. The molecule has 0 spiro atoms. The van der Waals surface area contributed by atoms with Crippen LogP contribution in [0.2, 0.25) is 5.02 Å². The number of aliphatic carboxylic acids is 1. The first kappa shape index (κ1) is 13.4. The van der Waals surface area contributed by atoms with Gasteiger partial charge in [-0.05, 0) is 40.5 Å². The number of benzene rings is 1. The van der Waals surface area contributed by atoms with Crippen LogP contribution in [0.25, 0.3) is 0 Å². The van der Waals surface area contributed by atoms with E-state index in [0.29, 0.717) is 28.0 Å². The van der Waals surface area contributed by atoms with Gasteiger partial charge in [0.2, 0.25) is 0 Å². The Labute approximate surface area is 118 Å². The quantitative estimate of drug-likeness (QED) is 0.906. The van der Waals surface area contributed by atoms with Gasteiger partial charge in [-0.25, -0.2) is 0 Å². The number of hydrogen-bond donors (Lipinski definition) is 1. The van der Waals surface area contributed by atoms with Crippen molar-refractivity contribution in [1.29, 1.82) is 0 Å². The summed E-state index contributed by atoms with van der Waals surface area (Å²) in [5, 5.41) is 9.45. The van der Waals surface area contributed by atoms with Crippen LogP contribution in [-0.4, -0.2) is 35.0 Å². The maximum atomic E-state index is 12.2. The molecule has 1 aromatic rings. The highest BCUT2D eigenvalue weighted by Gasteiger charge is 2.31. The summed E-state index contributed by atoms with van der Waals surface area (Å²) in [5.41, 5.74) is 0.505. The van der Waals surface area contributed by atoms with Crippen LogP contribution in [0.15, 0.2) is 22.7 Å². The third kappa shape index (κ3) is 2.67. The molecule has 0 bridgehead atoms. The van der Waals surface area contributed by atoms with E-state index in [1.807, 2.05) is 0 Å². The highest BCUT2D eigenvalue weighted by atomic mass is 79.9. The number of amides is 1. The fourth-order valence-corrected chi connectivity index (χ4v) is 2.83. The topological polar surface area (TPSA) is 57.6 Å². The molecule has 1 heterocycles. The lowest BCUT2D eigenvalue weighted by atomic mass is 10.1. The molecule has 1 saturated heterocycles. The van der Waals surface area contributed by atoms with Crippen LogP contribution in [0.4, 0.5) is 0 Å². The number of carbonyl (C=O) groups is 2. The van der Waals surface area contributed by atoms with E-state index in [4.69, 9.17) is 16.7 Å². The third-order valence-electron chi connectivity index (χ3n) is 2.99. The highest BCUT2D eigenvalue weighted by molar-refractivity contribution is 9.10. The minimum Gasteiger partial charge on any atom is -0.481 e. The zero-order valence-electron chi connectivity index (χ0n) is 9.40. The molecule has 96 valence electrons. The molecular weight excluding hydrogens is 321 g/mol. The third-order valence-corrected chi connectivity index (χ3v) is 3.88. The predicted octanol–water partition coefficient (Wildman–Crippen LogP) is 2.65. The summed E-state index contributed by atoms with van der Waals surface area (Å²) >= 11 is 9.10. The molecule has 2 rings (SSSR count). The fraction of sp³-hybridized carbons (Fsp3) is 0.333. The number of carbonyl (C=O) groups excluding carboxylic acids is 1. The lowest BCUT2D eigenvalue weighted by molar-refractivity contribution is -0.141. The van der Waals surface area contributed by atoms with Gasteiger partial charge in [-0.2, -0.15) is 0 Å². The van der Waals surface area contributed by atoms with Crippen LogP contribution >= 0.6 is 27.5 Å². The second-order valence-electron chi connectivity index (χ2n) is 4.20. The Morgan fingerprint density at radius 2 is 2.17 bits per heavy atom. The Balaban J connectivity index is 2.15. The number of hydrogen-bond acceptors (Lipinski definition) is 2. The first-order chi connectivity index (χ1) is 8.49. The van der Waals surface area contributed by atoms with Gasteiger partial charge in [-0.15, -0.1) is 0 Å². The maximum absolute atomic E-state index is 12.2. The van der Waals surface area contributed by atoms with Gasteiger partial charge >= 0.3 is 5.97 Å². The van der Waals surface area contributed by atoms with E-state index in [1.54, 1.807) is 23.1 Å². The van der Waals surface area contributed by atoms with Gasteiger partial charge in [0.1, 0.15) is 0 Å². The van der Waals surface area contributed by atoms with Gasteiger partial charge in [0.25, 0.3) is 5.91 Å². The first-order valence-corrected chi connectivity index (χ1v) is 6.63. The Morgan fingerprint density at radius 1 is 1.44 bits per heavy atom. The number of rotatable bonds is 2. The molecule has 1 aliphatic rings. The SMILES string of the molecule is O=C(O)[C@@H]1CCN(C(=O)c2ccc(Cl)cc2Br)C1. The van der Waals surface area contributed by atoms with Crippen molar-refractivity contribution < 1.29 is 14.7 Å². The van der Waals surface area contributed by atoms with Gasteiger partial charge in [0.15, 0.2) is 0 Å². The number of halogens is 2. The molecule has 6 heteroatoms. The molecular formula is C12H11BrClNO3. The largest absolute Gasteiger partial charge is 0.481 e. The summed E-state index contributed by atoms with van der Waals surface area (Å²) in [6.07, 6.45) is 0.506. The van der Waals surface area contributed by atoms with Crippen LogP contribution in [0.1, 0.15) is 16.8 Å². The summed E-state index contributed by atoms with van der Waals surface area (Å²) in [4.78, 5) is 24.6. The van der Waals surface area contributed by atoms with Crippen LogP contribution in [0.5, 0.6) is 0 Å². The number of carboxylic acid groups (broad SMARTS) is 1. The summed E-state index contributed by atoms with van der Waals surface area (Å²) < 4.78 is 0.624. The van der Waals surface area contributed by atoms with Crippen LogP contribution in [0.3, 0.4) is 0 Å². The van der Waals surface area contributed by atoms with Crippen molar-refractivity contribution in [2.24, 2.45) is 5.92 Å². The van der Waals surface area contributed by atoms with E-state index in [2.05, 4.69) is 15.9 Å². The molecule has 0 aliphatic carbocycles. The zero-order valence-corrected chi connectivity index (χ0v) is 11.7. The summed E-state index contributed by atoms with van der Waals surface area (Å²) in [6, 6.07) is 4.94.